The van der Waals surface area contributed by atoms with Gasteiger partial charge in [0.25, 0.3) is 5.91 Å². The summed E-state index contributed by atoms with van der Waals surface area (Å²) in [7, 11) is 0. The van der Waals surface area contributed by atoms with E-state index in [0.717, 1.165) is 5.12 Å². The molecule has 0 fully saturated rings. The van der Waals surface area contributed by atoms with E-state index in [2.05, 4.69) is 10.4 Å². The molecule has 0 spiro atoms. The van der Waals surface area contributed by atoms with E-state index in [1.54, 1.807) is 18.2 Å². The molecule has 0 saturated carbocycles. The van der Waals surface area contributed by atoms with Crippen molar-refractivity contribution < 1.29 is 15.2 Å². The molecule has 1 aliphatic heterocycles. The Labute approximate surface area is 90.4 Å². The lowest BCUT2D eigenvalue weighted by Crippen LogP contribution is -2.99. The average molecular weight is 220 g/mol. The Balaban J connectivity index is 2.16. The Hall–Kier alpha value is -2.09. The quantitative estimate of drug-likeness (QED) is 0.564. The fourth-order valence-electron chi connectivity index (χ4n) is 1.17. The number of para-hydroxylation sites is 1. The molecule has 0 bridgehead atoms. The fraction of sp³-hybridized carbons (Fsp3) is 0. The first-order chi connectivity index (χ1) is 7.68. The number of carbonyl (C=O) groups is 1. The van der Waals surface area contributed by atoms with Crippen LogP contribution in [0.15, 0.2) is 40.8 Å². The highest BCUT2D eigenvalue weighted by molar-refractivity contribution is 5.92. The van der Waals surface area contributed by atoms with Crippen molar-refractivity contribution in [2.45, 2.75) is 0 Å². The SMILES string of the molecule is O=C(C=Cc1ccccc1[NH+]([O-])O)N1N=N1. The van der Waals surface area contributed by atoms with Gasteiger partial charge in [-0.2, -0.15) is 5.23 Å². The molecule has 7 heteroatoms. The normalized spacial score (nSPS) is 15.5. The molecule has 0 aromatic heterocycles. The van der Waals surface area contributed by atoms with Crippen molar-refractivity contribution >= 4 is 17.7 Å². The molecule has 82 valence electrons. The van der Waals surface area contributed by atoms with Crippen molar-refractivity contribution in [2.24, 2.45) is 10.4 Å². The van der Waals surface area contributed by atoms with Crippen LogP contribution in [0.4, 0.5) is 5.69 Å². The molecule has 1 atom stereocenters. The van der Waals surface area contributed by atoms with Crippen LogP contribution in [-0.4, -0.2) is 16.2 Å². The zero-order valence-corrected chi connectivity index (χ0v) is 8.07. The topological polar surface area (TPSA) is 92.5 Å². The van der Waals surface area contributed by atoms with Gasteiger partial charge in [0.1, 0.15) is 0 Å². The molecule has 2 N–H and O–H groups in total. The zero-order chi connectivity index (χ0) is 11.5. The second kappa shape index (κ2) is 4.19. The summed E-state index contributed by atoms with van der Waals surface area (Å²) < 4.78 is 0. The molecule has 0 radical (unpaired) electrons. The highest BCUT2D eigenvalue weighted by Gasteiger charge is 2.18. The molecule has 1 aromatic carbocycles. The van der Waals surface area contributed by atoms with Crippen molar-refractivity contribution in [3.63, 3.8) is 0 Å². The Morgan fingerprint density at radius 3 is 2.75 bits per heavy atom. The van der Waals surface area contributed by atoms with E-state index >= 15 is 0 Å². The third-order valence-electron chi connectivity index (χ3n) is 1.97. The minimum absolute atomic E-state index is 0.145. The molecule has 16 heavy (non-hydrogen) atoms. The first-order valence-corrected chi connectivity index (χ1v) is 4.44. The van der Waals surface area contributed by atoms with Gasteiger partial charge in [-0.3, -0.25) is 4.79 Å². The molecule has 1 aromatic rings. The number of amides is 1. The molecule has 7 nitrogen and oxygen atoms in total. The molecule has 1 aliphatic rings. The van der Waals surface area contributed by atoms with Crippen molar-refractivity contribution in [3.05, 3.63) is 41.1 Å². The largest absolute Gasteiger partial charge is 0.595 e. The van der Waals surface area contributed by atoms with Crippen LogP contribution < -0.4 is 5.23 Å². The first kappa shape index (κ1) is 10.4. The number of nitrogens with one attached hydrogen (secondary N) is 1. The van der Waals surface area contributed by atoms with Gasteiger partial charge in [-0.15, -0.1) is 0 Å². The molecule has 0 saturated heterocycles. The summed E-state index contributed by atoms with van der Waals surface area (Å²) in [5.74, 6) is -0.403. The number of hydrogen-bond donors (Lipinski definition) is 2. The zero-order valence-electron chi connectivity index (χ0n) is 8.07. The second-order valence-corrected chi connectivity index (χ2v) is 3.03. The summed E-state index contributed by atoms with van der Waals surface area (Å²) in [6.45, 7) is 0. The lowest BCUT2D eigenvalue weighted by atomic mass is 10.1. The molecular weight excluding hydrogens is 212 g/mol. The number of benzene rings is 1. The summed E-state index contributed by atoms with van der Waals surface area (Å²) in [5, 5.41) is 26.2. The first-order valence-electron chi connectivity index (χ1n) is 4.44. The van der Waals surface area contributed by atoms with E-state index in [0.29, 0.717) is 5.56 Å². The number of hydrogen-bond acceptors (Lipinski definition) is 5. The highest BCUT2D eigenvalue weighted by Crippen LogP contribution is 2.14. The molecule has 1 heterocycles. The second-order valence-electron chi connectivity index (χ2n) is 3.03. The van der Waals surface area contributed by atoms with E-state index in [1.807, 2.05) is 0 Å². The number of carbonyl (C=O) groups excluding carboxylic acids is 1. The predicted molar refractivity (Wildman–Crippen MR) is 53.0 cm³/mol. The van der Waals surface area contributed by atoms with Gasteiger partial charge in [0.15, 0.2) is 5.69 Å². The van der Waals surface area contributed by atoms with Gasteiger partial charge in [-0.1, -0.05) is 17.3 Å². The van der Waals surface area contributed by atoms with E-state index in [9.17, 15) is 10.0 Å². The summed E-state index contributed by atoms with van der Waals surface area (Å²) in [6, 6.07) is 6.41. The third kappa shape index (κ3) is 2.28. The molecular formula is C9H8N4O3. The minimum Gasteiger partial charge on any atom is -0.595 e. The van der Waals surface area contributed by atoms with Gasteiger partial charge in [-0.05, 0) is 22.6 Å². The Morgan fingerprint density at radius 1 is 1.44 bits per heavy atom. The standard InChI is InChI=1S/C9H8N4O3/c14-9(12-10-11-12)6-5-7-3-1-2-4-8(7)13(15)16/h1-6,13,15H. The van der Waals surface area contributed by atoms with Gasteiger partial charge in [0.05, 0.1) is 0 Å². The van der Waals surface area contributed by atoms with Crippen molar-refractivity contribution in [1.82, 2.24) is 5.12 Å². The van der Waals surface area contributed by atoms with Crippen molar-refractivity contribution in [3.8, 4) is 0 Å². The molecule has 0 aliphatic carbocycles. The van der Waals surface area contributed by atoms with E-state index in [4.69, 9.17) is 5.21 Å². The van der Waals surface area contributed by atoms with E-state index < -0.39 is 11.1 Å². The fourth-order valence-corrected chi connectivity index (χ4v) is 1.17. The Kier molecular flexibility index (Phi) is 2.73. The number of quaternary nitrogens is 1. The van der Waals surface area contributed by atoms with Crippen molar-refractivity contribution in [2.75, 3.05) is 0 Å². The van der Waals surface area contributed by atoms with Crippen LogP contribution in [-0.2, 0) is 4.79 Å². The van der Waals surface area contributed by atoms with Crippen molar-refractivity contribution in [1.29, 1.82) is 0 Å². The summed E-state index contributed by atoms with van der Waals surface area (Å²) >= 11 is 0. The highest BCUT2D eigenvalue weighted by atomic mass is 16.8. The van der Waals surface area contributed by atoms with Crippen LogP contribution in [0.1, 0.15) is 5.56 Å². The predicted octanol–water partition coefficient (Wildman–Crippen LogP) is 0.228. The summed E-state index contributed by atoms with van der Waals surface area (Å²) in [6.07, 6.45) is 2.65. The van der Waals surface area contributed by atoms with Crippen LogP contribution >= 0.6 is 0 Å². The van der Waals surface area contributed by atoms with Crippen LogP contribution in [0.3, 0.4) is 0 Å². The van der Waals surface area contributed by atoms with Gasteiger partial charge in [-0.25, -0.2) is 5.21 Å². The summed E-state index contributed by atoms with van der Waals surface area (Å²) in [4.78, 5) is 11.2. The van der Waals surface area contributed by atoms with Gasteiger partial charge < -0.3 is 5.21 Å². The van der Waals surface area contributed by atoms with Gasteiger partial charge >= 0.3 is 0 Å². The molecule has 1 unspecified atom stereocenters. The molecule has 2 rings (SSSR count). The lowest BCUT2D eigenvalue weighted by Gasteiger charge is -2.13. The van der Waals surface area contributed by atoms with Crippen LogP contribution in [0.2, 0.25) is 0 Å². The number of rotatable bonds is 3. The van der Waals surface area contributed by atoms with Crippen LogP contribution in [0, 0.1) is 5.21 Å². The molecule has 1 amide bonds. The van der Waals surface area contributed by atoms with Gasteiger partial charge in [0.2, 0.25) is 0 Å². The Morgan fingerprint density at radius 2 is 2.12 bits per heavy atom. The smallest absolute Gasteiger partial charge is 0.291 e. The van der Waals surface area contributed by atoms with Crippen LogP contribution in [0.5, 0.6) is 0 Å². The maximum Gasteiger partial charge on any atom is 0.291 e. The third-order valence-corrected chi connectivity index (χ3v) is 1.97. The number of nitrogens with zero attached hydrogens (tertiary/aromatic N) is 3. The average Bonchev–Trinajstić information content (AvgIpc) is 3.10. The lowest BCUT2D eigenvalue weighted by molar-refractivity contribution is -0.991. The van der Waals surface area contributed by atoms with E-state index in [1.165, 1.54) is 18.2 Å². The monoisotopic (exact) mass is 220 g/mol. The maximum absolute atomic E-state index is 11.2. The van der Waals surface area contributed by atoms with E-state index in [-0.39, 0.29) is 5.69 Å². The summed E-state index contributed by atoms with van der Waals surface area (Å²) in [5.41, 5.74) is 0.608. The Bertz CT molecular complexity index is 464. The maximum atomic E-state index is 11.2. The minimum atomic E-state index is -1.03. The van der Waals surface area contributed by atoms with Gasteiger partial charge in [0, 0.05) is 17.7 Å². The van der Waals surface area contributed by atoms with Crippen LogP contribution in [0.25, 0.3) is 6.08 Å².